The van der Waals surface area contributed by atoms with Crippen LogP contribution in [0.2, 0.25) is 0 Å². The van der Waals surface area contributed by atoms with Crippen LogP contribution in [0.3, 0.4) is 0 Å². The van der Waals surface area contributed by atoms with Crippen molar-refractivity contribution in [2.75, 3.05) is 7.11 Å². The second-order valence-electron chi connectivity index (χ2n) is 4.82. The molecule has 0 amide bonds. The van der Waals surface area contributed by atoms with Crippen molar-refractivity contribution in [3.63, 3.8) is 0 Å². The van der Waals surface area contributed by atoms with Crippen molar-refractivity contribution >= 4 is 23.1 Å². The van der Waals surface area contributed by atoms with E-state index >= 15 is 0 Å². The van der Waals surface area contributed by atoms with E-state index in [1.165, 1.54) is 0 Å². The van der Waals surface area contributed by atoms with E-state index < -0.39 is 0 Å². The first-order chi connectivity index (χ1) is 9.17. The lowest BCUT2D eigenvalue weighted by molar-refractivity contribution is -0.105. The number of carbonyl (C=O) groups is 1. The van der Waals surface area contributed by atoms with E-state index in [1.54, 1.807) is 7.11 Å². The molecule has 0 aromatic heterocycles. The van der Waals surface area contributed by atoms with E-state index in [1.807, 2.05) is 50.3 Å². The number of benzene rings is 2. The summed E-state index contributed by atoms with van der Waals surface area (Å²) in [4.78, 5) is 11.2. The summed E-state index contributed by atoms with van der Waals surface area (Å²) in [6, 6.07) is 12.1. The third-order valence-corrected chi connectivity index (χ3v) is 3.26. The summed E-state index contributed by atoms with van der Waals surface area (Å²) in [5, 5.41) is 2.24. The van der Waals surface area contributed by atoms with Gasteiger partial charge in [-0.3, -0.25) is 4.79 Å². The summed E-state index contributed by atoms with van der Waals surface area (Å²) < 4.78 is 5.42. The van der Waals surface area contributed by atoms with Crippen molar-refractivity contribution in [2.24, 2.45) is 5.92 Å². The van der Waals surface area contributed by atoms with Gasteiger partial charge in [0.1, 0.15) is 12.0 Å². The summed E-state index contributed by atoms with van der Waals surface area (Å²) in [6.45, 7) is 4.02. The molecule has 0 aliphatic rings. The minimum Gasteiger partial charge on any atom is -0.496 e. The lowest BCUT2D eigenvalue weighted by atomic mass is 9.97. The minimum atomic E-state index is 0.196. The fourth-order valence-corrected chi connectivity index (χ4v) is 2.11. The van der Waals surface area contributed by atoms with Gasteiger partial charge in [-0.15, -0.1) is 0 Å². The quantitative estimate of drug-likeness (QED) is 0.607. The monoisotopic (exact) mass is 254 g/mol. The zero-order chi connectivity index (χ0) is 13.8. The van der Waals surface area contributed by atoms with Crippen molar-refractivity contribution in [1.82, 2.24) is 0 Å². The van der Waals surface area contributed by atoms with Gasteiger partial charge in [-0.2, -0.15) is 0 Å². The Morgan fingerprint density at radius 2 is 1.89 bits per heavy atom. The van der Waals surface area contributed by atoms with Crippen LogP contribution in [0.25, 0.3) is 16.8 Å². The lowest BCUT2D eigenvalue weighted by Gasteiger charge is -2.11. The maximum Gasteiger partial charge on any atom is 0.146 e. The fraction of sp³-hybridized carbons (Fsp3) is 0.235. The molecule has 19 heavy (non-hydrogen) atoms. The molecule has 0 saturated heterocycles. The largest absolute Gasteiger partial charge is 0.496 e. The first-order valence-corrected chi connectivity index (χ1v) is 6.40. The Kier molecular flexibility index (Phi) is 4.00. The smallest absolute Gasteiger partial charge is 0.146 e. The molecule has 0 unspecified atom stereocenters. The van der Waals surface area contributed by atoms with Crippen LogP contribution in [0.15, 0.2) is 42.0 Å². The van der Waals surface area contributed by atoms with Gasteiger partial charge in [0.05, 0.1) is 7.11 Å². The lowest BCUT2D eigenvalue weighted by Crippen LogP contribution is -1.96. The standard InChI is InChI=1S/C17H18O2/c1-12(2)14(11-18)10-16-15-7-5-4-6-13(15)8-9-17(16)19-3/h4-12H,1-3H3. The molecule has 2 rings (SSSR count). The molecule has 2 heteroatoms. The molecule has 0 bridgehead atoms. The van der Waals surface area contributed by atoms with E-state index in [9.17, 15) is 4.79 Å². The van der Waals surface area contributed by atoms with Crippen LogP contribution in [-0.2, 0) is 4.79 Å². The van der Waals surface area contributed by atoms with Crippen LogP contribution in [-0.4, -0.2) is 13.4 Å². The van der Waals surface area contributed by atoms with Crippen LogP contribution in [0.1, 0.15) is 19.4 Å². The highest BCUT2D eigenvalue weighted by molar-refractivity contribution is 5.96. The van der Waals surface area contributed by atoms with Crippen LogP contribution in [0, 0.1) is 5.92 Å². The normalized spacial score (nSPS) is 11.9. The number of rotatable bonds is 4. The maximum absolute atomic E-state index is 11.2. The summed E-state index contributed by atoms with van der Waals surface area (Å²) in [5.41, 5.74) is 1.74. The third-order valence-electron chi connectivity index (χ3n) is 3.26. The molecule has 0 spiro atoms. The Labute approximate surface area is 113 Å². The molecule has 2 nitrogen and oxygen atoms in total. The molecule has 0 heterocycles. The Morgan fingerprint density at radius 3 is 2.53 bits per heavy atom. The average Bonchev–Trinajstić information content (AvgIpc) is 2.44. The molecule has 98 valence electrons. The summed E-state index contributed by atoms with van der Waals surface area (Å²) in [5.74, 6) is 0.986. The highest BCUT2D eigenvalue weighted by Crippen LogP contribution is 2.30. The summed E-state index contributed by atoms with van der Waals surface area (Å²) in [7, 11) is 1.65. The van der Waals surface area contributed by atoms with E-state index in [0.29, 0.717) is 0 Å². The highest BCUT2D eigenvalue weighted by Gasteiger charge is 2.09. The van der Waals surface area contributed by atoms with Crippen LogP contribution >= 0.6 is 0 Å². The van der Waals surface area contributed by atoms with Gasteiger partial charge < -0.3 is 4.74 Å². The second-order valence-corrected chi connectivity index (χ2v) is 4.82. The van der Waals surface area contributed by atoms with Crippen molar-refractivity contribution in [1.29, 1.82) is 0 Å². The topological polar surface area (TPSA) is 26.3 Å². The molecule has 0 N–H and O–H groups in total. The number of hydrogen-bond acceptors (Lipinski definition) is 2. The molecule has 0 aliphatic heterocycles. The average molecular weight is 254 g/mol. The molecule has 0 atom stereocenters. The fourth-order valence-electron chi connectivity index (χ4n) is 2.11. The Bertz CT molecular complexity index is 624. The van der Waals surface area contributed by atoms with Crippen molar-refractivity contribution in [3.05, 3.63) is 47.5 Å². The summed E-state index contributed by atoms with van der Waals surface area (Å²) >= 11 is 0. The van der Waals surface area contributed by atoms with E-state index in [2.05, 4.69) is 6.07 Å². The van der Waals surface area contributed by atoms with Gasteiger partial charge in [0, 0.05) is 5.56 Å². The molecule has 0 saturated carbocycles. The highest BCUT2D eigenvalue weighted by atomic mass is 16.5. The zero-order valence-corrected chi connectivity index (χ0v) is 11.5. The number of aldehydes is 1. The van der Waals surface area contributed by atoms with Gasteiger partial charge in [0.15, 0.2) is 0 Å². The first kappa shape index (κ1) is 13.3. The molecule has 0 fully saturated rings. The van der Waals surface area contributed by atoms with E-state index in [4.69, 9.17) is 4.74 Å². The van der Waals surface area contributed by atoms with E-state index in [-0.39, 0.29) is 5.92 Å². The zero-order valence-electron chi connectivity index (χ0n) is 11.5. The molecule has 2 aromatic rings. The molecule has 0 radical (unpaired) electrons. The van der Waals surface area contributed by atoms with Gasteiger partial charge in [-0.05, 0) is 34.4 Å². The van der Waals surface area contributed by atoms with Crippen LogP contribution < -0.4 is 4.74 Å². The molecular formula is C17H18O2. The predicted octanol–water partition coefficient (Wildman–Crippen LogP) is 4.09. The molecule has 2 aromatic carbocycles. The minimum absolute atomic E-state index is 0.196. The van der Waals surface area contributed by atoms with Gasteiger partial charge >= 0.3 is 0 Å². The number of fused-ring (bicyclic) bond motifs is 1. The SMILES string of the molecule is COc1ccc2ccccc2c1C=C(C=O)C(C)C. The second kappa shape index (κ2) is 5.70. The van der Waals surface area contributed by atoms with Gasteiger partial charge in [0.2, 0.25) is 0 Å². The maximum atomic E-state index is 11.2. The summed E-state index contributed by atoms with van der Waals surface area (Å²) in [6.07, 6.45) is 2.85. The van der Waals surface area contributed by atoms with Crippen molar-refractivity contribution in [3.8, 4) is 5.75 Å². The number of ether oxygens (including phenoxy) is 1. The van der Waals surface area contributed by atoms with Crippen LogP contribution in [0.5, 0.6) is 5.75 Å². The number of methoxy groups -OCH3 is 1. The van der Waals surface area contributed by atoms with Gasteiger partial charge in [-0.1, -0.05) is 44.2 Å². The van der Waals surface area contributed by atoms with Crippen LogP contribution in [0.4, 0.5) is 0 Å². The molecular weight excluding hydrogens is 236 g/mol. The van der Waals surface area contributed by atoms with Crippen molar-refractivity contribution < 1.29 is 9.53 Å². The number of hydrogen-bond donors (Lipinski definition) is 0. The van der Waals surface area contributed by atoms with Gasteiger partial charge in [0.25, 0.3) is 0 Å². The Balaban J connectivity index is 2.72. The van der Waals surface area contributed by atoms with Gasteiger partial charge in [-0.25, -0.2) is 0 Å². The Hall–Kier alpha value is -2.09. The van der Waals surface area contributed by atoms with E-state index in [0.717, 1.165) is 33.9 Å². The first-order valence-electron chi connectivity index (χ1n) is 6.40. The number of carbonyl (C=O) groups excluding carboxylic acids is 1. The third kappa shape index (κ3) is 2.68. The number of allylic oxidation sites excluding steroid dienone is 1. The molecule has 0 aliphatic carbocycles. The predicted molar refractivity (Wildman–Crippen MR) is 79.4 cm³/mol. The van der Waals surface area contributed by atoms with Crippen molar-refractivity contribution in [2.45, 2.75) is 13.8 Å². The Morgan fingerprint density at radius 1 is 1.16 bits per heavy atom.